The van der Waals surface area contributed by atoms with E-state index < -0.39 is 0 Å². The predicted octanol–water partition coefficient (Wildman–Crippen LogP) is 2.22. The fraction of sp³-hybridized carbons (Fsp3) is 0.105. The number of aromatic nitrogens is 4. The summed E-state index contributed by atoms with van der Waals surface area (Å²) in [5, 5.41) is 10.3. The highest BCUT2D eigenvalue weighted by molar-refractivity contribution is 6.03. The van der Waals surface area contributed by atoms with Gasteiger partial charge in [-0.2, -0.15) is 5.10 Å². The summed E-state index contributed by atoms with van der Waals surface area (Å²) in [5.74, 6) is 0.612. The van der Waals surface area contributed by atoms with E-state index in [0.717, 1.165) is 16.8 Å². The molecule has 2 N–H and O–H groups in total. The fourth-order valence-electron chi connectivity index (χ4n) is 2.81. The van der Waals surface area contributed by atoms with Gasteiger partial charge in [0.1, 0.15) is 0 Å². The molecule has 8 nitrogen and oxygen atoms in total. The molecule has 2 amide bonds. The largest absolute Gasteiger partial charge is 0.357 e. The van der Waals surface area contributed by atoms with E-state index in [1.54, 1.807) is 12.4 Å². The van der Waals surface area contributed by atoms with Crippen LogP contribution >= 0.6 is 0 Å². The molecule has 0 aliphatic carbocycles. The average Bonchev–Trinajstić information content (AvgIpc) is 3.30. The molecular formula is C19H16N6O2. The molecule has 0 spiro atoms. The summed E-state index contributed by atoms with van der Waals surface area (Å²) in [6.45, 7) is 1.62. The molecule has 3 aromatic rings. The van der Waals surface area contributed by atoms with Crippen molar-refractivity contribution in [3.8, 4) is 22.8 Å². The molecule has 2 aromatic heterocycles. The molecule has 1 aliphatic rings. The predicted molar refractivity (Wildman–Crippen MR) is 99.1 cm³/mol. The number of anilines is 1. The molecule has 1 aliphatic heterocycles. The third-order valence-electron chi connectivity index (χ3n) is 4.12. The van der Waals surface area contributed by atoms with Crippen LogP contribution in [0.3, 0.4) is 0 Å². The number of carbonyl (C=O) groups excluding carboxylic acids is 2. The first kappa shape index (κ1) is 16.6. The van der Waals surface area contributed by atoms with E-state index in [2.05, 4.69) is 25.5 Å². The SMILES string of the molecule is CC(=O)N1CC(Nc2cccc(-c3nc(-c4cccnc4)n[nH]3)c2)=CC1=O. The Kier molecular flexibility index (Phi) is 4.21. The first-order valence-corrected chi connectivity index (χ1v) is 8.33. The van der Waals surface area contributed by atoms with Gasteiger partial charge in [0.25, 0.3) is 5.91 Å². The Morgan fingerprint density at radius 1 is 1.22 bits per heavy atom. The Morgan fingerprint density at radius 2 is 2.07 bits per heavy atom. The van der Waals surface area contributed by atoms with Gasteiger partial charge in [-0.05, 0) is 24.3 Å². The highest BCUT2D eigenvalue weighted by Crippen LogP contribution is 2.23. The van der Waals surface area contributed by atoms with E-state index in [4.69, 9.17) is 0 Å². The molecule has 0 radical (unpaired) electrons. The number of amides is 2. The van der Waals surface area contributed by atoms with Crippen molar-refractivity contribution in [2.45, 2.75) is 6.92 Å². The number of rotatable bonds is 4. The Labute approximate surface area is 155 Å². The van der Waals surface area contributed by atoms with Crippen LogP contribution < -0.4 is 5.32 Å². The Bertz CT molecular complexity index is 1040. The van der Waals surface area contributed by atoms with Gasteiger partial charge in [-0.3, -0.25) is 24.6 Å². The third-order valence-corrected chi connectivity index (χ3v) is 4.12. The molecule has 0 bridgehead atoms. The molecule has 134 valence electrons. The fourth-order valence-corrected chi connectivity index (χ4v) is 2.81. The summed E-state index contributed by atoms with van der Waals surface area (Å²) in [7, 11) is 0. The van der Waals surface area contributed by atoms with Crippen LogP contribution in [0.25, 0.3) is 22.8 Å². The molecule has 0 saturated heterocycles. The van der Waals surface area contributed by atoms with Gasteiger partial charge in [0.15, 0.2) is 11.6 Å². The number of H-pyrrole nitrogens is 1. The number of carbonyl (C=O) groups is 2. The van der Waals surface area contributed by atoms with Gasteiger partial charge in [0, 0.05) is 47.9 Å². The molecule has 3 heterocycles. The van der Waals surface area contributed by atoms with Gasteiger partial charge in [-0.25, -0.2) is 4.98 Å². The normalized spacial score (nSPS) is 13.6. The molecular weight excluding hydrogens is 344 g/mol. The van der Waals surface area contributed by atoms with Crippen LogP contribution in [0.1, 0.15) is 6.92 Å². The van der Waals surface area contributed by atoms with Crippen molar-refractivity contribution in [3.63, 3.8) is 0 Å². The monoisotopic (exact) mass is 360 g/mol. The lowest BCUT2D eigenvalue weighted by Gasteiger charge is -2.12. The summed E-state index contributed by atoms with van der Waals surface area (Å²) in [6.07, 6.45) is 4.83. The minimum atomic E-state index is -0.308. The standard InChI is InChI=1S/C19H16N6O2/c1-12(26)25-11-16(9-17(25)27)21-15-6-2-4-13(8-15)18-22-19(24-23-18)14-5-3-7-20-10-14/h2-10,21H,11H2,1H3,(H,22,23,24). The molecule has 0 saturated carbocycles. The quantitative estimate of drug-likeness (QED) is 0.739. The number of imide groups is 1. The van der Waals surface area contributed by atoms with E-state index >= 15 is 0 Å². The molecule has 8 heteroatoms. The maximum absolute atomic E-state index is 11.8. The van der Waals surface area contributed by atoms with Crippen molar-refractivity contribution in [1.29, 1.82) is 0 Å². The van der Waals surface area contributed by atoms with Crippen LogP contribution in [0.2, 0.25) is 0 Å². The number of nitrogens with zero attached hydrogens (tertiary/aromatic N) is 4. The Hall–Kier alpha value is -3.81. The minimum Gasteiger partial charge on any atom is -0.357 e. The summed E-state index contributed by atoms with van der Waals surface area (Å²) >= 11 is 0. The van der Waals surface area contributed by atoms with E-state index in [-0.39, 0.29) is 18.4 Å². The van der Waals surface area contributed by atoms with Gasteiger partial charge in [0.05, 0.1) is 6.54 Å². The summed E-state index contributed by atoms with van der Waals surface area (Å²) in [5.41, 5.74) is 3.13. The number of hydrogen-bond donors (Lipinski definition) is 2. The maximum Gasteiger partial charge on any atom is 0.255 e. The highest BCUT2D eigenvalue weighted by Gasteiger charge is 2.24. The van der Waals surface area contributed by atoms with E-state index in [1.165, 1.54) is 17.9 Å². The second-order valence-corrected chi connectivity index (χ2v) is 6.07. The van der Waals surface area contributed by atoms with Crippen molar-refractivity contribution >= 4 is 17.5 Å². The van der Waals surface area contributed by atoms with Crippen molar-refractivity contribution in [1.82, 2.24) is 25.1 Å². The Morgan fingerprint density at radius 3 is 2.81 bits per heavy atom. The zero-order chi connectivity index (χ0) is 18.8. The lowest BCUT2D eigenvalue weighted by atomic mass is 10.2. The van der Waals surface area contributed by atoms with Gasteiger partial charge >= 0.3 is 0 Å². The van der Waals surface area contributed by atoms with Crippen molar-refractivity contribution in [2.24, 2.45) is 0 Å². The second-order valence-electron chi connectivity index (χ2n) is 6.07. The lowest BCUT2D eigenvalue weighted by Crippen LogP contribution is -2.31. The van der Waals surface area contributed by atoms with Gasteiger partial charge in [-0.15, -0.1) is 0 Å². The smallest absolute Gasteiger partial charge is 0.255 e. The average molecular weight is 360 g/mol. The topological polar surface area (TPSA) is 104 Å². The van der Waals surface area contributed by atoms with Crippen molar-refractivity contribution < 1.29 is 9.59 Å². The van der Waals surface area contributed by atoms with Crippen LogP contribution in [0, 0.1) is 0 Å². The number of benzene rings is 1. The number of aromatic amines is 1. The van der Waals surface area contributed by atoms with Crippen LogP contribution in [0.4, 0.5) is 5.69 Å². The molecule has 0 fully saturated rings. The first-order valence-electron chi connectivity index (χ1n) is 8.33. The summed E-state index contributed by atoms with van der Waals surface area (Å²) < 4.78 is 0. The third kappa shape index (κ3) is 3.45. The minimum absolute atomic E-state index is 0.242. The van der Waals surface area contributed by atoms with Gasteiger partial charge in [-0.1, -0.05) is 12.1 Å². The van der Waals surface area contributed by atoms with Crippen LogP contribution in [-0.4, -0.2) is 43.4 Å². The summed E-state index contributed by atoms with van der Waals surface area (Å²) in [4.78, 5) is 33.0. The Balaban J connectivity index is 1.54. The molecule has 0 unspecified atom stereocenters. The number of hydrogen-bond acceptors (Lipinski definition) is 6. The van der Waals surface area contributed by atoms with Crippen LogP contribution in [-0.2, 0) is 9.59 Å². The van der Waals surface area contributed by atoms with E-state index in [0.29, 0.717) is 17.3 Å². The number of nitrogens with one attached hydrogen (secondary N) is 2. The lowest BCUT2D eigenvalue weighted by molar-refractivity contribution is -0.138. The molecule has 1 aromatic carbocycles. The van der Waals surface area contributed by atoms with Crippen LogP contribution in [0.5, 0.6) is 0 Å². The highest BCUT2D eigenvalue weighted by atomic mass is 16.2. The van der Waals surface area contributed by atoms with E-state index in [1.807, 2.05) is 36.4 Å². The molecule has 0 atom stereocenters. The molecule has 27 heavy (non-hydrogen) atoms. The molecule has 4 rings (SSSR count). The van der Waals surface area contributed by atoms with Crippen LogP contribution in [0.15, 0.2) is 60.6 Å². The maximum atomic E-state index is 11.8. The zero-order valence-electron chi connectivity index (χ0n) is 14.5. The second kappa shape index (κ2) is 6.83. The zero-order valence-corrected chi connectivity index (χ0v) is 14.5. The van der Waals surface area contributed by atoms with Gasteiger partial charge in [0.2, 0.25) is 5.91 Å². The first-order chi connectivity index (χ1) is 13.1. The summed E-state index contributed by atoms with van der Waals surface area (Å²) in [6, 6.07) is 11.3. The van der Waals surface area contributed by atoms with Gasteiger partial charge < -0.3 is 5.32 Å². The number of pyridine rings is 1. The van der Waals surface area contributed by atoms with Crippen molar-refractivity contribution in [3.05, 3.63) is 60.6 Å². The van der Waals surface area contributed by atoms with E-state index in [9.17, 15) is 9.59 Å². The van der Waals surface area contributed by atoms with Crippen molar-refractivity contribution in [2.75, 3.05) is 11.9 Å².